The summed E-state index contributed by atoms with van der Waals surface area (Å²) in [7, 11) is 0. The molecule has 0 aliphatic heterocycles. The van der Waals surface area contributed by atoms with Crippen molar-refractivity contribution in [2.24, 2.45) is 5.41 Å². The molecule has 5 heteroatoms. The molecule has 0 bridgehead atoms. The SMILES string of the molecule is O=C(OCc1ccccc1COCC1(COC(=O)c2ccccc2)CC1)c1ccccc1. The fourth-order valence-corrected chi connectivity index (χ4v) is 3.40. The zero-order valence-electron chi connectivity index (χ0n) is 17.9. The molecule has 3 aromatic carbocycles. The van der Waals surface area contributed by atoms with Gasteiger partial charge in [0.25, 0.3) is 0 Å². The Balaban J connectivity index is 1.25. The normalized spacial score (nSPS) is 13.9. The van der Waals surface area contributed by atoms with E-state index in [-0.39, 0.29) is 24.0 Å². The van der Waals surface area contributed by atoms with Crippen molar-refractivity contribution >= 4 is 11.9 Å². The lowest BCUT2D eigenvalue weighted by atomic mass is 10.1. The molecule has 0 saturated heterocycles. The van der Waals surface area contributed by atoms with Crippen LogP contribution in [0.4, 0.5) is 0 Å². The number of carbonyl (C=O) groups is 2. The number of carbonyl (C=O) groups excluding carboxylic acids is 2. The van der Waals surface area contributed by atoms with E-state index in [2.05, 4.69) is 0 Å². The highest BCUT2D eigenvalue weighted by molar-refractivity contribution is 5.89. The summed E-state index contributed by atoms with van der Waals surface area (Å²) in [4.78, 5) is 24.4. The second kappa shape index (κ2) is 10.2. The van der Waals surface area contributed by atoms with Crippen LogP contribution in [0.15, 0.2) is 84.9 Å². The van der Waals surface area contributed by atoms with E-state index in [1.165, 1.54) is 0 Å². The third-order valence-electron chi connectivity index (χ3n) is 5.63. The summed E-state index contributed by atoms with van der Waals surface area (Å²) in [5, 5.41) is 0. The molecule has 1 fully saturated rings. The van der Waals surface area contributed by atoms with E-state index in [0.717, 1.165) is 24.0 Å². The van der Waals surface area contributed by atoms with Gasteiger partial charge in [-0.05, 0) is 48.2 Å². The van der Waals surface area contributed by atoms with Crippen LogP contribution in [0.1, 0.15) is 44.7 Å². The summed E-state index contributed by atoms with van der Waals surface area (Å²) >= 11 is 0. The van der Waals surface area contributed by atoms with Crippen LogP contribution in [0.3, 0.4) is 0 Å². The maximum atomic E-state index is 12.2. The molecular weight excluding hydrogens is 404 g/mol. The largest absolute Gasteiger partial charge is 0.461 e. The maximum absolute atomic E-state index is 12.2. The Bertz CT molecular complexity index is 1040. The highest BCUT2D eigenvalue weighted by Crippen LogP contribution is 2.46. The van der Waals surface area contributed by atoms with Gasteiger partial charge in [0, 0.05) is 5.41 Å². The second-order valence-corrected chi connectivity index (χ2v) is 8.15. The highest BCUT2D eigenvalue weighted by atomic mass is 16.5. The second-order valence-electron chi connectivity index (χ2n) is 8.15. The van der Waals surface area contributed by atoms with Crippen molar-refractivity contribution in [2.75, 3.05) is 13.2 Å². The smallest absolute Gasteiger partial charge is 0.338 e. The Morgan fingerprint density at radius 2 is 1.12 bits per heavy atom. The summed E-state index contributed by atoms with van der Waals surface area (Å²) in [5.74, 6) is -0.652. The van der Waals surface area contributed by atoms with Crippen molar-refractivity contribution in [1.29, 1.82) is 0 Å². The van der Waals surface area contributed by atoms with Gasteiger partial charge in [0.2, 0.25) is 0 Å². The first-order valence-electron chi connectivity index (χ1n) is 10.7. The Hall–Kier alpha value is -3.44. The van der Waals surface area contributed by atoms with Crippen LogP contribution in [-0.4, -0.2) is 25.2 Å². The molecule has 0 radical (unpaired) electrons. The Morgan fingerprint density at radius 1 is 0.625 bits per heavy atom. The van der Waals surface area contributed by atoms with Gasteiger partial charge in [-0.2, -0.15) is 0 Å². The van der Waals surface area contributed by atoms with Gasteiger partial charge < -0.3 is 14.2 Å². The molecule has 0 spiro atoms. The summed E-state index contributed by atoms with van der Waals surface area (Å²) in [6.07, 6.45) is 1.96. The van der Waals surface area contributed by atoms with Crippen LogP contribution in [0.5, 0.6) is 0 Å². The lowest BCUT2D eigenvalue weighted by molar-refractivity contribution is 0.0184. The van der Waals surface area contributed by atoms with Gasteiger partial charge in [-0.3, -0.25) is 0 Å². The minimum atomic E-state index is -0.349. The lowest BCUT2D eigenvalue weighted by Gasteiger charge is -2.17. The average Bonchev–Trinajstić information content (AvgIpc) is 3.63. The van der Waals surface area contributed by atoms with Gasteiger partial charge in [0.05, 0.1) is 30.9 Å². The molecule has 0 unspecified atom stereocenters. The van der Waals surface area contributed by atoms with E-state index >= 15 is 0 Å². The Morgan fingerprint density at radius 3 is 1.69 bits per heavy atom. The van der Waals surface area contributed by atoms with Crippen LogP contribution in [0, 0.1) is 5.41 Å². The fourth-order valence-electron chi connectivity index (χ4n) is 3.40. The Labute approximate surface area is 187 Å². The minimum Gasteiger partial charge on any atom is -0.461 e. The van der Waals surface area contributed by atoms with Crippen molar-refractivity contribution in [3.8, 4) is 0 Å². The summed E-state index contributed by atoms with van der Waals surface area (Å²) in [6, 6.07) is 25.7. The Kier molecular flexibility index (Phi) is 6.97. The van der Waals surface area contributed by atoms with Crippen molar-refractivity contribution in [2.45, 2.75) is 26.1 Å². The van der Waals surface area contributed by atoms with Crippen LogP contribution >= 0.6 is 0 Å². The van der Waals surface area contributed by atoms with E-state index in [1.54, 1.807) is 24.3 Å². The monoisotopic (exact) mass is 430 g/mol. The zero-order valence-corrected chi connectivity index (χ0v) is 17.9. The molecule has 0 heterocycles. The molecule has 164 valence electrons. The van der Waals surface area contributed by atoms with Gasteiger partial charge >= 0.3 is 11.9 Å². The molecule has 0 amide bonds. The first-order chi connectivity index (χ1) is 15.7. The molecule has 32 heavy (non-hydrogen) atoms. The number of ether oxygens (including phenoxy) is 3. The van der Waals surface area contributed by atoms with Crippen molar-refractivity contribution < 1.29 is 23.8 Å². The molecule has 0 aromatic heterocycles. The minimum absolute atomic E-state index is 0.0981. The quantitative estimate of drug-likeness (QED) is 0.414. The standard InChI is InChI=1S/C27H26O5/c28-25(21-9-3-1-4-10-21)31-18-24-14-8-7-13-23(24)17-30-19-27(15-16-27)20-32-26(29)22-11-5-2-6-12-22/h1-14H,15-20H2. The van der Waals surface area contributed by atoms with Gasteiger partial charge in [-0.25, -0.2) is 9.59 Å². The number of benzene rings is 3. The van der Waals surface area contributed by atoms with Crippen LogP contribution in [0.2, 0.25) is 0 Å². The highest BCUT2D eigenvalue weighted by Gasteiger charge is 2.44. The molecular formula is C27H26O5. The predicted octanol–water partition coefficient (Wildman–Crippen LogP) is 5.20. The predicted molar refractivity (Wildman–Crippen MR) is 120 cm³/mol. The average molecular weight is 431 g/mol. The zero-order chi connectivity index (χ0) is 22.2. The van der Waals surface area contributed by atoms with E-state index < -0.39 is 0 Å². The number of esters is 2. The molecule has 1 aliphatic carbocycles. The number of rotatable bonds is 10. The summed E-state index contributed by atoms with van der Waals surface area (Å²) in [5.41, 5.74) is 2.88. The lowest BCUT2D eigenvalue weighted by Crippen LogP contribution is -2.20. The van der Waals surface area contributed by atoms with E-state index in [4.69, 9.17) is 14.2 Å². The van der Waals surface area contributed by atoms with E-state index in [0.29, 0.717) is 30.9 Å². The fraction of sp³-hybridized carbons (Fsp3) is 0.259. The summed E-state index contributed by atoms with van der Waals surface area (Å²) in [6.45, 7) is 1.48. The van der Waals surface area contributed by atoms with Crippen LogP contribution in [-0.2, 0) is 27.4 Å². The van der Waals surface area contributed by atoms with E-state index in [1.807, 2.05) is 60.7 Å². The first-order valence-corrected chi connectivity index (χ1v) is 10.7. The summed E-state index contributed by atoms with van der Waals surface area (Å²) < 4.78 is 17.0. The van der Waals surface area contributed by atoms with Crippen molar-refractivity contribution in [1.82, 2.24) is 0 Å². The third kappa shape index (κ3) is 5.83. The molecule has 0 atom stereocenters. The van der Waals surface area contributed by atoms with Crippen molar-refractivity contribution in [3.63, 3.8) is 0 Å². The maximum Gasteiger partial charge on any atom is 0.338 e. The van der Waals surface area contributed by atoms with Gasteiger partial charge in [0.1, 0.15) is 6.61 Å². The molecule has 0 N–H and O–H groups in total. The van der Waals surface area contributed by atoms with Gasteiger partial charge in [-0.15, -0.1) is 0 Å². The molecule has 1 saturated carbocycles. The number of hydrogen-bond donors (Lipinski definition) is 0. The van der Waals surface area contributed by atoms with Crippen LogP contribution in [0.25, 0.3) is 0 Å². The molecule has 4 rings (SSSR count). The van der Waals surface area contributed by atoms with Gasteiger partial charge in [-0.1, -0.05) is 60.7 Å². The van der Waals surface area contributed by atoms with Gasteiger partial charge in [0.15, 0.2) is 0 Å². The third-order valence-corrected chi connectivity index (χ3v) is 5.63. The molecule has 3 aromatic rings. The number of hydrogen-bond acceptors (Lipinski definition) is 5. The molecule has 5 nitrogen and oxygen atoms in total. The van der Waals surface area contributed by atoms with Crippen LogP contribution < -0.4 is 0 Å². The molecule has 1 aliphatic rings. The van der Waals surface area contributed by atoms with Crippen molar-refractivity contribution in [3.05, 3.63) is 107 Å². The topological polar surface area (TPSA) is 61.8 Å². The van der Waals surface area contributed by atoms with E-state index in [9.17, 15) is 9.59 Å². The first kappa shape index (κ1) is 21.8.